The molecule has 0 aromatic carbocycles. The highest BCUT2D eigenvalue weighted by Gasteiger charge is 2.30. The van der Waals surface area contributed by atoms with Crippen LogP contribution in [0.15, 0.2) is 0 Å². The predicted molar refractivity (Wildman–Crippen MR) is 358 cm³/mol. The van der Waals surface area contributed by atoms with Crippen molar-refractivity contribution in [2.24, 2.45) is 23.7 Å². The van der Waals surface area contributed by atoms with Crippen LogP contribution in [0.5, 0.6) is 0 Å². The van der Waals surface area contributed by atoms with Crippen molar-refractivity contribution in [3.8, 4) is 0 Å². The van der Waals surface area contributed by atoms with E-state index in [1.807, 2.05) is 0 Å². The summed E-state index contributed by atoms with van der Waals surface area (Å²) in [4.78, 5) is 72.5. The number of hydrogen-bond acceptors (Lipinski definition) is 15. The fourth-order valence-electron chi connectivity index (χ4n) is 10.5. The lowest BCUT2D eigenvalue weighted by Gasteiger charge is -2.21. The van der Waals surface area contributed by atoms with Gasteiger partial charge in [-0.25, -0.2) is 9.13 Å². The predicted octanol–water partition coefficient (Wildman–Crippen LogP) is 19.7. The van der Waals surface area contributed by atoms with E-state index in [1.165, 1.54) is 141 Å². The molecule has 0 spiro atoms. The summed E-state index contributed by atoms with van der Waals surface area (Å²) >= 11 is 0. The number of aliphatic hydroxyl groups excluding tert-OH is 1. The molecule has 0 heterocycles. The molecule has 17 nitrogen and oxygen atoms in total. The van der Waals surface area contributed by atoms with Gasteiger partial charge in [0.25, 0.3) is 0 Å². The Labute approximate surface area is 543 Å². The molecule has 528 valence electrons. The molecule has 0 aromatic heterocycles. The Morgan fingerprint density at radius 1 is 0.281 bits per heavy atom. The molecule has 0 bridgehead atoms. The summed E-state index contributed by atoms with van der Waals surface area (Å²) in [6, 6.07) is 0. The molecule has 0 aromatic rings. The third-order valence-corrected chi connectivity index (χ3v) is 18.0. The van der Waals surface area contributed by atoms with Crippen LogP contribution in [0.4, 0.5) is 0 Å². The van der Waals surface area contributed by atoms with Crippen LogP contribution in [0.3, 0.4) is 0 Å². The first-order valence-electron chi connectivity index (χ1n) is 36.2. The lowest BCUT2D eigenvalue weighted by molar-refractivity contribution is -0.161. The molecular weight excluding hydrogens is 1170 g/mol. The van der Waals surface area contributed by atoms with Gasteiger partial charge in [-0.05, 0) is 49.4 Å². The van der Waals surface area contributed by atoms with E-state index in [-0.39, 0.29) is 25.7 Å². The minimum absolute atomic E-state index is 0.103. The second-order valence-corrected chi connectivity index (χ2v) is 30.1. The Morgan fingerprint density at radius 3 is 0.697 bits per heavy atom. The molecule has 0 rings (SSSR count). The summed E-state index contributed by atoms with van der Waals surface area (Å²) in [6.07, 6.45) is 41.9. The van der Waals surface area contributed by atoms with Gasteiger partial charge in [0.2, 0.25) is 0 Å². The van der Waals surface area contributed by atoms with Crippen LogP contribution in [0, 0.1) is 23.7 Å². The molecule has 0 aliphatic heterocycles. The Kier molecular flexibility index (Phi) is 58.5. The number of carbonyl (C=O) groups is 4. The number of phosphoric ester groups is 2. The summed E-state index contributed by atoms with van der Waals surface area (Å²) in [6.45, 7) is 14.0. The number of aliphatic hydroxyl groups is 1. The molecule has 0 fully saturated rings. The van der Waals surface area contributed by atoms with Crippen molar-refractivity contribution in [2.75, 3.05) is 39.6 Å². The zero-order chi connectivity index (χ0) is 66.1. The topological polar surface area (TPSA) is 237 Å². The highest BCUT2D eigenvalue weighted by Crippen LogP contribution is 2.45. The summed E-state index contributed by atoms with van der Waals surface area (Å²) < 4.78 is 68.2. The van der Waals surface area contributed by atoms with E-state index in [9.17, 15) is 43.2 Å². The van der Waals surface area contributed by atoms with Gasteiger partial charge < -0.3 is 33.8 Å². The van der Waals surface area contributed by atoms with Gasteiger partial charge in [0.1, 0.15) is 19.3 Å². The number of carbonyl (C=O) groups excluding carboxylic acids is 4. The van der Waals surface area contributed by atoms with Gasteiger partial charge in [0.05, 0.1) is 26.4 Å². The SMILES string of the molecule is CC(C)CCCCCCCCCCCCCCCCC(=O)O[C@H](COC(=O)CCCCCCCCCC(C)C)COP(=O)(O)OCC(O)COP(=O)(O)OC[C@@H](COC(=O)CCCCCCCCCCCC(C)C)OC(=O)CCCCCCCCCC(C)C. The number of unbranched alkanes of at least 4 members (excludes halogenated alkanes) is 33. The van der Waals surface area contributed by atoms with E-state index in [4.69, 9.17) is 37.0 Å². The van der Waals surface area contributed by atoms with Crippen LogP contribution >= 0.6 is 15.6 Å². The smallest absolute Gasteiger partial charge is 0.462 e. The molecule has 89 heavy (non-hydrogen) atoms. The van der Waals surface area contributed by atoms with Gasteiger partial charge >= 0.3 is 39.5 Å². The van der Waals surface area contributed by atoms with Crippen molar-refractivity contribution in [1.29, 1.82) is 0 Å². The van der Waals surface area contributed by atoms with E-state index in [0.717, 1.165) is 108 Å². The first-order valence-corrected chi connectivity index (χ1v) is 39.2. The van der Waals surface area contributed by atoms with Crippen LogP contribution in [-0.2, 0) is 65.4 Å². The lowest BCUT2D eigenvalue weighted by Crippen LogP contribution is -2.30. The quantitative estimate of drug-likeness (QED) is 0.0222. The zero-order valence-electron chi connectivity index (χ0n) is 58.1. The molecule has 0 amide bonds. The van der Waals surface area contributed by atoms with Crippen LogP contribution in [0.25, 0.3) is 0 Å². The maximum atomic E-state index is 13.0. The lowest BCUT2D eigenvalue weighted by atomic mass is 10.0. The van der Waals surface area contributed by atoms with Gasteiger partial charge in [0, 0.05) is 25.7 Å². The number of esters is 4. The molecule has 19 heteroatoms. The first-order chi connectivity index (χ1) is 42.6. The molecule has 0 saturated heterocycles. The van der Waals surface area contributed by atoms with E-state index in [1.54, 1.807) is 0 Å². The van der Waals surface area contributed by atoms with Crippen molar-refractivity contribution in [2.45, 2.75) is 363 Å². The normalized spacial score (nSPS) is 14.3. The number of phosphoric acid groups is 2. The van der Waals surface area contributed by atoms with Gasteiger partial charge in [-0.15, -0.1) is 0 Å². The summed E-state index contributed by atoms with van der Waals surface area (Å²) in [5, 5.41) is 10.6. The molecular formula is C70H136O17P2. The zero-order valence-corrected chi connectivity index (χ0v) is 59.8. The Hall–Kier alpha value is -1.94. The molecule has 3 unspecified atom stereocenters. The van der Waals surface area contributed by atoms with Crippen LogP contribution in [-0.4, -0.2) is 96.7 Å². The average Bonchev–Trinajstić information content (AvgIpc) is 3.61. The Morgan fingerprint density at radius 2 is 0.472 bits per heavy atom. The average molecular weight is 1310 g/mol. The third-order valence-electron chi connectivity index (χ3n) is 16.1. The highest BCUT2D eigenvalue weighted by molar-refractivity contribution is 7.47. The van der Waals surface area contributed by atoms with Crippen molar-refractivity contribution < 1.29 is 80.2 Å². The van der Waals surface area contributed by atoms with E-state index in [2.05, 4.69) is 55.4 Å². The fraction of sp³-hybridized carbons (Fsp3) is 0.943. The summed E-state index contributed by atoms with van der Waals surface area (Å²) in [5.41, 5.74) is 0. The number of rotatable bonds is 67. The molecule has 0 saturated carbocycles. The summed E-state index contributed by atoms with van der Waals surface area (Å²) in [5.74, 6) is 0.807. The van der Waals surface area contributed by atoms with Crippen LogP contribution < -0.4 is 0 Å². The highest BCUT2D eigenvalue weighted by atomic mass is 31.2. The molecule has 0 aliphatic carbocycles. The Balaban J connectivity index is 5.22. The third kappa shape index (κ3) is 64.6. The van der Waals surface area contributed by atoms with Gasteiger partial charge in [-0.2, -0.15) is 0 Å². The standard InChI is InChI=1S/C70H136O17P2/c1-60(2)46-38-30-22-16-13-11-9-10-12-14-18-27-36-44-52-69(74)86-65(57-81-68(73)51-43-35-28-20-24-32-40-48-62(5)6)58-84-88(76,77)82-54-64(71)55-83-89(78,79)85-59-66(87-70(75)53-45-37-29-21-25-33-41-49-63(7)8)56-80-67(72)50-42-34-26-19-15-17-23-31-39-47-61(3)4/h60-66,71H,9-59H2,1-8H3,(H,76,77)(H,78,79)/t64?,65-,66-/m1/s1. The van der Waals surface area contributed by atoms with Crippen molar-refractivity contribution in [3.05, 3.63) is 0 Å². The van der Waals surface area contributed by atoms with Gasteiger partial charge in [-0.3, -0.25) is 37.3 Å². The summed E-state index contributed by atoms with van der Waals surface area (Å²) in [7, 11) is -9.90. The molecule has 0 radical (unpaired) electrons. The second-order valence-electron chi connectivity index (χ2n) is 27.2. The van der Waals surface area contributed by atoms with Gasteiger partial charge in [0.15, 0.2) is 12.2 Å². The van der Waals surface area contributed by atoms with E-state index in [0.29, 0.717) is 37.5 Å². The monoisotopic (exact) mass is 1310 g/mol. The fourth-order valence-corrected chi connectivity index (χ4v) is 12.1. The van der Waals surface area contributed by atoms with Gasteiger partial charge in [-0.1, -0.05) is 293 Å². The Bertz CT molecular complexity index is 1760. The van der Waals surface area contributed by atoms with Crippen molar-refractivity contribution in [3.63, 3.8) is 0 Å². The largest absolute Gasteiger partial charge is 0.472 e. The first kappa shape index (κ1) is 87.1. The minimum Gasteiger partial charge on any atom is -0.462 e. The van der Waals surface area contributed by atoms with Crippen molar-refractivity contribution in [1.82, 2.24) is 0 Å². The second kappa shape index (κ2) is 59.8. The maximum Gasteiger partial charge on any atom is 0.472 e. The van der Waals surface area contributed by atoms with Crippen LogP contribution in [0.1, 0.15) is 344 Å². The minimum atomic E-state index is -4.95. The number of hydrogen-bond donors (Lipinski definition) is 3. The number of ether oxygens (including phenoxy) is 4. The molecule has 5 atom stereocenters. The maximum absolute atomic E-state index is 13.0. The van der Waals surface area contributed by atoms with E-state index >= 15 is 0 Å². The molecule has 3 N–H and O–H groups in total. The molecule has 0 aliphatic rings. The van der Waals surface area contributed by atoms with E-state index < -0.39 is 97.5 Å². The van der Waals surface area contributed by atoms with Crippen LogP contribution in [0.2, 0.25) is 0 Å². The van der Waals surface area contributed by atoms with Crippen molar-refractivity contribution >= 4 is 39.5 Å².